The summed E-state index contributed by atoms with van der Waals surface area (Å²) in [5.41, 5.74) is 7.89. The Morgan fingerprint density at radius 2 is 1.74 bits per heavy atom. The summed E-state index contributed by atoms with van der Waals surface area (Å²) in [4.78, 5) is 33.1. The van der Waals surface area contributed by atoms with Gasteiger partial charge in [0.25, 0.3) is 0 Å². The predicted octanol–water partition coefficient (Wildman–Crippen LogP) is 2.61. The van der Waals surface area contributed by atoms with Gasteiger partial charge in [0.1, 0.15) is 0 Å². The highest BCUT2D eigenvalue weighted by molar-refractivity contribution is 5.82. The Balaban J connectivity index is 1.49. The average Bonchev–Trinajstić information content (AvgIpc) is 2.77. The molecule has 0 radical (unpaired) electrons. The lowest BCUT2D eigenvalue weighted by atomic mass is 9.72. The fraction of sp³-hybridized carbons (Fsp3) is 0.917. The predicted molar refractivity (Wildman–Crippen MR) is 120 cm³/mol. The van der Waals surface area contributed by atoms with Gasteiger partial charge >= 0.3 is 0 Å². The number of carbonyl (C=O) groups excluding carboxylic acids is 2. The monoisotopic (exact) mass is 437 g/mol. The quantitative estimate of drug-likeness (QED) is 0.574. The van der Waals surface area contributed by atoms with Crippen molar-refractivity contribution in [2.75, 3.05) is 19.6 Å². The normalized spacial score (nSPS) is 33.2. The van der Waals surface area contributed by atoms with Gasteiger partial charge in [0, 0.05) is 19.0 Å². The van der Waals surface area contributed by atoms with Crippen LogP contribution in [-0.4, -0.2) is 53.2 Å². The molecule has 2 aliphatic carbocycles. The number of hydroxylamine groups is 1. The van der Waals surface area contributed by atoms with Crippen LogP contribution in [0.4, 0.5) is 0 Å². The summed E-state index contributed by atoms with van der Waals surface area (Å²) in [5.74, 6) is 1.19. The van der Waals surface area contributed by atoms with E-state index in [1.165, 1.54) is 25.7 Å². The van der Waals surface area contributed by atoms with Gasteiger partial charge in [-0.25, -0.2) is 5.48 Å². The van der Waals surface area contributed by atoms with Crippen LogP contribution in [0.1, 0.15) is 78.6 Å². The van der Waals surface area contributed by atoms with Crippen molar-refractivity contribution in [2.24, 2.45) is 35.3 Å². The van der Waals surface area contributed by atoms with E-state index in [1.807, 2.05) is 25.7 Å². The highest BCUT2D eigenvalue weighted by atomic mass is 16.7. The van der Waals surface area contributed by atoms with Crippen molar-refractivity contribution < 1.29 is 19.5 Å². The molecule has 0 bridgehead atoms. The first-order valence-corrected chi connectivity index (χ1v) is 12.3. The van der Waals surface area contributed by atoms with Crippen LogP contribution in [0.25, 0.3) is 0 Å². The molecule has 0 aromatic rings. The molecule has 3 rings (SSSR count). The molecule has 3 aliphatic rings. The minimum Gasteiger partial charge on any atom is -0.392 e. The Hall–Kier alpha value is -1.18. The Labute approximate surface area is 187 Å². The van der Waals surface area contributed by atoms with Gasteiger partial charge in [-0.3, -0.25) is 14.4 Å². The van der Waals surface area contributed by atoms with Gasteiger partial charge in [-0.15, -0.1) is 0 Å². The second-order valence-electron chi connectivity index (χ2n) is 11.1. The molecule has 0 spiro atoms. The summed E-state index contributed by atoms with van der Waals surface area (Å²) >= 11 is 0. The summed E-state index contributed by atoms with van der Waals surface area (Å²) in [5, 5.41) is 10.3. The van der Waals surface area contributed by atoms with Crippen molar-refractivity contribution in [1.29, 1.82) is 0 Å². The molecule has 5 unspecified atom stereocenters. The first kappa shape index (κ1) is 24.5. The van der Waals surface area contributed by atoms with E-state index >= 15 is 0 Å². The van der Waals surface area contributed by atoms with E-state index in [0.717, 1.165) is 38.4 Å². The number of aliphatic hydroxyl groups excluding tert-OH is 1. The topological polar surface area (TPSA) is 105 Å². The van der Waals surface area contributed by atoms with Crippen LogP contribution in [0.5, 0.6) is 0 Å². The summed E-state index contributed by atoms with van der Waals surface area (Å²) < 4.78 is 0. The number of rotatable bonds is 5. The first-order chi connectivity index (χ1) is 14.7. The van der Waals surface area contributed by atoms with E-state index in [9.17, 15) is 14.7 Å². The molecule has 7 nitrogen and oxygen atoms in total. The molecule has 1 heterocycles. The molecule has 4 N–H and O–H groups in total. The zero-order valence-electron chi connectivity index (χ0n) is 19.6. The molecular formula is C24H43N3O4. The van der Waals surface area contributed by atoms with Crippen molar-refractivity contribution in [3.05, 3.63) is 0 Å². The van der Waals surface area contributed by atoms with E-state index in [2.05, 4.69) is 5.48 Å². The first-order valence-electron chi connectivity index (χ1n) is 12.3. The van der Waals surface area contributed by atoms with Gasteiger partial charge in [0.2, 0.25) is 11.8 Å². The van der Waals surface area contributed by atoms with Crippen molar-refractivity contribution >= 4 is 11.8 Å². The van der Waals surface area contributed by atoms with Crippen molar-refractivity contribution in [3.63, 3.8) is 0 Å². The SMILES string of the molecule is CC(C)(C)ONC(=O)C1CC(C(=O)N2CCC(C3CCCC(CN)C3)CC2)CCC1O. The maximum Gasteiger partial charge on any atom is 0.249 e. The molecule has 0 aromatic heterocycles. The fourth-order valence-electron chi connectivity index (χ4n) is 5.76. The summed E-state index contributed by atoms with van der Waals surface area (Å²) in [6.45, 7) is 7.99. The van der Waals surface area contributed by atoms with Crippen LogP contribution in [0.2, 0.25) is 0 Å². The molecule has 3 fully saturated rings. The highest BCUT2D eigenvalue weighted by Gasteiger charge is 2.40. The smallest absolute Gasteiger partial charge is 0.249 e. The van der Waals surface area contributed by atoms with Gasteiger partial charge in [-0.05, 0) is 90.0 Å². The number of carbonyl (C=O) groups is 2. The minimum absolute atomic E-state index is 0.156. The van der Waals surface area contributed by atoms with Gasteiger partial charge in [0.15, 0.2) is 0 Å². The second kappa shape index (κ2) is 10.6. The van der Waals surface area contributed by atoms with E-state index in [1.54, 1.807) is 0 Å². The number of hydrogen-bond donors (Lipinski definition) is 3. The third-order valence-corrected chi connectivity index (χ3v) is 7.63. The van der Waals surface area contributed by atoms with Gasteiger partial charge in [0.05, 0.1) is 17.6 Å². The van der Waals surface area contributed by atoms with Crippen LogP contribution in [0.15, 0.2) is 0 Å². The lowest BCUT2D eigenvalue weighted by molar-refractivity contribution is -0.157. The van der Waals surface area contributed by atoms with Gasteiger partial charge < -0.3 is 15.7 Å². The van der Waals surface area contributed by atoms with E-state index in [-0.39, 0.29) is 17.7 Å². The van der Waals surface area contributed by atoms with Crippen molar-refractivity contribution in [2.45, 2.75) is 90.3 Å². The molecule has 0 aromatic carbocycles. The molecule has 1 saturated heterocycles. The maximum absolute atomic E-state index is 13.2. The van der Waals surface area contributed by atoms with Gasteiger partial charge in [-0.2, -0.15) is 0 Å². The lowest BCUT2D eigenvalue weighted by Gasteiger charge is -2.41. The number of amides is 2. The fourth-order valence-corrected chi connectivity index (χ4v) is 5.76. The molecule has 7 heteroatoms. The van der Waals surface area contributed by atoms with Gasteiger partial charge in [-0.1, -0.05) is 12.8 Å². The standard InChI is InChI=1S/C24H43N3O4/c1-24(2,3)31-26-22(29)20-14-19(7-8-21(20)28)23(30)27-11-9-17(10-12-27)18-6-4-5-16(13-18)15-25/h16-21,28H,4-15,25H2,1-3H3,(H,26,29). The zero-order valence-corrected chi connectivity index (χ0v) is 19.6. The van der Waals surface area contributed by atoms with E-state index in [4.69, 9.17) is 10.6 Å². The number of hydrogen-bond acceptors (Lipinski definition) is 5. The Morgan fingerprint density at radius 1 is 1.03 bits per heavy atom. The minimum atomic E-state index is -0.722. The van der Waals surface area contributed by atoms with Crippen molar-refractivity contribution in [1.82, 2.24) is 10.4 Å². The van der Waals surface area contributed by atoms with Crippen LogP contribution in [0.3, 0.4) is 0 Å². The third kappa shape index (κ3) is 6.65. The average molecular weight is 438 g/mol. The highest BCUT2D eigenvalue weighted by Crippen LogP contribution is 2.39. The molecule has 2 amide bonds. The number of nitrogens with two attached hydrogens (primary N) is 1. The number of likely N-dealkylation sites (tertiary alicyclic amines) is 1. The number of nitrogens with one attached hydrogen (secondary N) is 1. The largest absolute Gasteiger partial charge is 0.392 e. The lowest BCUT2D eigenvalue weighted by Crippen LogP contribution is -2.48. The Bertz CT molecular complexity index is 612. The van der Waals surface area contributed by atoms with E-state index in [0.29, 0.717) is 31.1 Å². The number of nitrogens with zero attached hydrogens (tertiary/aromatic N) is 1. The zero-order chi connectivity index (χ0) is 22.6. The summed E-state index contributed by atoms with van der Waals surface area (Å²) in [7, 11) is 0. The van der Waals surface area contributed by atoms with Crippen LogP contribution in [0, 0.1) is 29.6 Å². The second-order valence-corrected chi connectivity index (χ2v) is 11.1. The number of aliphatic hydroxyl groups is 1. The Kier molecular flexibility index (Phi) is 8.38. The molecule has 2 saturated carbocycles. The van der Waals surface area contributed by atoms with Crippen LogP contribution >= 0.6 is 0 Å². The van der Waals surface area contributed by atoms with E-state index < -0.39 is 17.6 Å². The Morgan fingerprint density at radius 3 is 2.39 bits per heavy atom. The summed E-state index contributed by atoms with van der Waals surface area (Å²) in [6, 6.07) is 0. The number of piperidine rings is 1. The molecular weight excluding hydrogens is 394 g/mol. The maximum atomic E-state index is 13.2. The van der Waals surface area contributed by atoms with Crippen molar-refractivity contribution in [3.8, 4) is 0 Å². The molecule has 178 valence electrons. The molecule has 31 heavy (non-hydrogen) atoms. The summed E-state index contributed by atoms with van der Waals surface area (Å²) in [6.07, 6.45) is 8.06. The molecule has 5 atom stereocenters. The van der Waals surface area contributed by atoms with Crippen LogP contribution < -0.4 is 11.2 Å². The van der Waals surface area contributed by atoms with Crippen LogP contribution in [-0.2, 0) is 14.4 Å². The molecule has 1 aliphatic heterocycles. The third-order valence-electron chi connectivity index (χ3n) is 7.63.